The zero-order valence-corrected chi connectivity index (χ0v) is 12.8. The van der Waals surface area contributed by atoms with Gasteiger partial charge in [-0.05, 0) is 37.1 Å². The molecule has 1 aromatic carbocycles. The third kappa shape index (κ3) is 1.92. The maximum absolute atomic E-state index is 6.21. The lowest BCUT2D eigenvalue weighted by molar-refractivity contribution is -0.0908. The molecular formula is C15H19Cl2NO. The average Bonchev–Trinajstić information content (AvgIpc) is 2.97. The van der Waals surface area contributed by atoms with Crippen LogP contribution < -0.4 is 0 Å². The van der Waals surface area contributed by atoms with Crippen molar-refractivity contribution in [2.45, 2.75) is 44.4 Å². The van der Waals surface area contributed by atoms with Crippen molar-refractivity contribution in [2.75, 3.05) is 13.2 Å². The molecule has 3 atom stereocenters. The van der Waals surface area contributed by atoms with E-state index in [9.17, 15) is 0 Å². The Bertz CT molecular complexity index is 493. The largest absolute Gasteiger partial charge is 0.367 e. The van der Waals surface area contributed by atoms with E-state index in [2.05, 4.69) is 24.8 Å². The molecule has 2 bridgehead atoms. The van der Waals surface area contributed by atoms with Crippen molar-refractivity contribution >= 4 is 23.2 Å². The molecule has 2 saturated heterocycles. The van der Waals surface area contributed by atoms with Crippen LogP contribution in [0.4, 0.5) is 0 Å². The van der Waals surface area contributed by atoms with Crippen LogP contribution in [-0.4, -0.2) is 30.1 Å². The second kappa shape index (κ2) is 4.92. The van der Waals surface area contributed by atoms with Crippen molar-refractivity contribution in [3.63, 3.8) is 0 Å². The van der Waals surface area contributed by atoms with E-state index in [-0.39, 0.29) is 5.60 Å². The molecule has 0 N–H and O–H groups in total. The van der Waals surface area contributed by atoms with Crippen LogP contribution in [0.5, 0.6) is 0 Å². The Morgan fingerprint density at radius 1 is 1.32 bits per heavy atom. The molecule has 2 fully saturated rings. The van der Waals surface area contributed by atoms with Crippen molar-refractivity contribution in [1.82, 2.24) is 4.90 Å². The lowest BCUT2D eigenvalue weighted by Gasteiger charge is -2.41. The molecule has 0 radical (unpaired) electrons. The molecule has 0 spiro atoms. The summed E-state index contributed by atoms with van der Waals surface area (Å²) in [5, 5.41) is 1.22. The Balaban J connectivity index is 2.04. The summed E-state index contributed by atoms with van der Waals surface area (Å²) < 4.78 is 6.21. The number of rotatable bonds is 3. The van der Waals surface area contributed by atoms with E-state index < -0.39 is 0 Å². The van der Waals surface area contributed by atoms with Gasteiger partial charge in [0.1, 0.15) is 5.60 Å². The summed E-state index contributed by atoms with van der Waals surface area (Å²) in [6.07, 6.45) is 2.15. The molecule has 2 heterocycles. The third-order valence-corrected chi connectivity index (χ3v) is 5.38. The quantitative estimate of drug-likeness (QED) is 0.833. The number of hydrogen-bond donors (Lipinski definition) is 0. The van der Waals surface area contributed by atoms with Crippen LogP contribution in [0.1, 0.15) is 32.3 Å². The van der Waals surface area contributed by atoms with E-state index in [0.717, 1.165) is 26.0 Å². The highest BCUT2D eigenvalue weighted by Gasteiger charge is 2.57. The van der Waals surface area contributed by atoms with Gasteiger partial charge in [0.25, 0.3) is 0 Å². The highest BCUT2D eigenvalue weighted by molar-refractivity contribution is 6.42. The summed E-state index contributed by atoms with van der Waals surface area (Å²) >= 11 is 12.2. The number of likely N-dealkylation sites (N-methyl/N-ethyl adjacent to an activating group) is 1. The number of ether oxygens (including phenoxy) is 1. The smallest absolute Gasteiger partial charge is 0.110 e. The van der Waals surface area contributed by atoms with E-state index in [1.54, 1.807) is 0 Å². The lowest BCUT2D eigenvalue weighted by Crippen LogP contribution is -2.49. The molecule has 19 heavy (non-hydrogen) atoms. The van der Waals surface area contributed by atoms with Crippen molar-refractivity contribution < 1.29 is 4.74 Å². The van der Waals surface area contributed by atoms with Gasteiger partial charge in [0, 0.05) is 12.1 Å². The summed E-state index contributed by atoms with van der Waals surface area (Å²) in [4.78, 5) is 2.58. The highest BCUT2D eigenvalue weighted by Crippen LogP contribution is 2.51. The van der Waals surface area contributed by atoms with Crippen LogP contribution in [0.15, 0.2) is 18.2 Å². The maximum atomic E-state index is 6.21. The van der Waals surface area contributed by atoms with Gasteiger partial charge >= 0.3 is 0 Å². The zero-order valence-electron chi connectivity index (χ0n) is 11.3. The van der Waals surface area contributed by atoms with Crippen LogP contribution in [0.3, 0.4) is 0 Å². The minimum atomic E-state index is -0.191. The van der Waals surface area contributed by atoms with Crippen molar-refractivity contribution in [2.24, 2.45) is 0 Å². The van der Waals surface area contributed by atoms with Crippen LogP contribution in [-0.2, 0) is 10.3 Å². The van der Waals surface area contributed by atoms with Gasteiger partial charge in [-0.25, -0.2) is 0 Å². The molecule has 4 heteroatoms. The van der Waals surface area contributed by atoms with Crippen molar-refractivity contribution in [1.29, 1.82) is 0 Å². The van der Waals surface area contributed by atoms with Gasteiger partial charge < -0.3 is 4.74 Å². The van der Waals surface area contributed by atoms with E-state index >= 15 is 0 Å². The molecule has 3 unspecified atom stereocenters. The van der Waals surface area contributed by atoms with Crippen LogP contribution in [0, 0.1) is 0 Å². The minimum Gasteiger partial charge on any atom is -0.367 e. The predicted molar refractivity (Wildman–Crippen MR) is 79.0 cm³/mol. The number of morpholine rings is 1. The number of nitrogens with zero attached hydrogens (tertiary/aromatic N) is 1. The average molecular weight is 300 g/mol. The van der Waals surface area contributed by atoms with E-state index in [1.807, 2.05) is 12.1 Å². The van der Waals surface area contributed by atoms with Gasteiger partial charge in [-0.15, -0.1) is 0 Å². The van der Waals surface area contributed by atoms with E-state index in [4.69, 9.17) is 27.9 Å². The molecular weight excluding hydrogens is 281 g/mol. The maximum Gasteiger partial charge on any atom is 0.110 e. The number of hydrogen-bond acceptors (Lipinski definition) is 2. The molecule has 2 aliphatic heterocycles. The second-order valence-electron chi connectivity index (χ2n) is 5.44. The Morgan fingerprint density at radius 2 is 2.11 bits per heavy atom. The van der Waals surface area contributed by atoms with E-state index in [0.29, 0.717) is 22.1 Å². The number of halogens is 2. The number of fused-ring (bicyclic) bond motifs is 2. The van der Waals surface area contributed by atoms with Crippen LogP contribution in [0.25, 0.3) is 0 Å². The summed E-state index contributed by atoms with van der Waals surface area (Å²) in [6.45, 7) is 6.36. The SMILES string of the molecule is CCC1N(CC)C2COC1(c1ccc(Cl)c(Cl)c1)C2. The van der Waals surface area contributed by atoms with Gasteiger partial charge in [-0.2, -0.15) is 0 Å². The standard InChI is InChI=1S/C15H19Cl2NO/c1-3-14-15(8-11(9-19-15)18(14)4-2)10-5-6-12(16)13(17)7-10/h5-7,11,14H,3-4,8-9H2,1-2H3. The molecule has 3 rings (SSSR count). The van der Waals surface area contributed by atoms with Gasteiger partial charge in [0.2, 0.25) is 0 Å². The molecule has 0 saturated carbocycles. The van der Waals surface area contributed by atoms with Crippen LogP contribution >= 0.6 is 23.2 Å². The van der Waals surface area contributed by atoms with Gasteiger partial charge in [0.05, 0.1) is 16.7 Å². The Hall–Kier alpha value is -0.280. The molecule has 2 aliphatic rings. The fourth-order valence-corrected chi connectivity index (χ4v) is 4.17. The minimum absolute atomic E-state index is 0.191. The Labute approximate surface area is 124 Å². The molecule has 0 aromatic heterocycles. The topological polar surface area (TPSA) is 12.5 Å². The van der Waals surface area contributed by atoms with Gasteiger partial charge in [-0.1, -0.05) is 43.1 Å². The molecule has 104 valence electrons. The second-order valence-corrected chi connectivity index (χ2v) is 6.26. The predicted octanol–water partition coefficient (Wildman–Crippen LogP) is 4.09. The first-order chi connectivity index (χ1) is 9.12. The summed E-state index contributed by atoms with van der Waals surface area (Å²) in [5.74, 6) is 0. The zero-order chi connectivity index (χ0) is 13.6. The molecule has 0 aliphatic carbocycles. The highest BCUT2D eigenvalue weighted by atomic mass is 35.5. The fourth-order valence-electron chi connectivity index (χ4n) is 3.88. The summed E-state index contributed by atoms with van der Waals surface area (Å²) in [5.41, 5.74) is 0.983. The van der Waals surface area contributed by atoms with Crippen molar-refractivity contribution in [3.05, 3.63) is 33.8 Å². The first-order valence-corrected chi connectivity index (χ1v) is 7.73. The normalized spacial score (nSPS) is 34.1. The molecule has 1 aromatic rings. The van der Waals surface area contributed by atoms with Gasteiger partial charge in [-0.3, -0.25) is 4.90 Å². The molecule has 0 amide bonds. The Morgan fingerprint density at radius 3 is 2.74 bits per heavy atom. The van der Waals surface area contributed by atoms with Crippen LogP contribution in [0.2, 0.25) is 10.0 Å². The van der Waals surface area contributed by atoms with Crippen molar-refractivity contribution in [3.8, 4) is 0 Å². The molecule has 2 nitrogen and oxygen atoms in total. The van der Waals surface area contributed by atoms with E-state index in [1.165, 1.54) is 5.56 Å². The number of benzene rings is 1. The third-order valence-electron chi connectivity index (χ3n) is 4.64. The Kier molecular flexibility index (Phi) is 3.55. The lowest BCUT2D eigenvalue weighted by atomic mass is 9.85. The number of likely N-dealkylation sites (tertiary alicyclic amines) is 1. The first kappa shape index (κ1) is 13.7. The van der Waals surface area contributed by atoms with Gasteiger partial charge in [0.15, 0.2) is 0 Å². The fraction of sp³-hybridized carbons (Fsp3) is 0.600. The summed E-state index contributed by atoms with van der Waals surface area (Å²) in [6, 6.07) is 6.91. The first-order valence-electron chi connectivity index (χ1n) is 6.97. The summed E-state index contributed by atoms with van der Waals surface area (Å²) in [7, 11) is 0. The monoisotopic (exact) mass is 299 g/mol.